The molecule has 1 heterocycles. The van der Waals surface area contributed by atoms with Gasteiger partial charge >= 0.3 is 5.97 Å². The molecule has 0 amide bonds. The predicted molar refractivity (Wildman–Crippen MR) is 100 cm³/mol. The van der Waals surface area contributed by atoms with Crippen molar-refractivity contribution in [3.8, 4) is 11.5 Å². The van der Waals surface area contributed by atoms with Gasteiger partial charge in [-0.25, -0.2) is 4.79 Å². The Bertz CT molecular complexity index is 745. The van der Waals surface area contributed by atoms with Crippen LogP contribution in [0.15, 0.2) is 17.7 Å². The van der Waals surface area contributed by atoms with E-state index in [9.17, 15) is 15.0 Å². The zero-order valence-electron chi connectivity index (χ0n) is 16.2. The minimum atomic E-state index is -1.12. The summed E-state index contributed by atoms with van der Waals surface area (Å²) in [6.07, 6.45) is 7.66. The zero-order valence-corrected chi connectivity index (χ0v) is 16.2. The molecule has 1 aliphatic heterocycles. The fraction of sp³-hybridized carbons (Fsp3) is 0.591. The summed E-state index contributed by atoms with van der Waals surface area (Å²) in [5.74, 6) is -0.749. The molecule has 1 aromatic rings. The van der Waals surface area contributed by atoms with Gasteiger partial charge in [-0.15, -0.1) is 0 Å². The molecule has 1 aromatic carbocycles. The van der Waals surface area contributed by atoms with Gasteiger partial charge in [-0.1, -0.05) is 37.2 Å². The van der Waals surface area contributed by atoms with Crippen LogP contribution in [0.2, 0.25) is 0 Å². The number of ether oxygens (including phenoxy) is 1. The lowest BCUT2D eigenvalue weighted by Crippen LogP contribution is -2.45. The molecule has 0 radical (unpaired) electrons. The molecule has 26 heavy (non-hydrogen) atoms. The van der Waals surface area contributed by atoms with E-state index in [1.165, 1.54) is 5.57 Å². The normalized spacial score (nSPS) is 23.5. The second-order valence-corrected chi connectivity index (χ2v) is 8.30. The van der Waals surface area contributed by atoms with Gasteiger partial charge in [-0.05, 0) is 63.6 Å². The number of carboxylic acids is 1. The highest BCUT2D eigenvalue weighted by Gasteiger charge is 2.44. The molecule has 0 saturated carbocycles. The second kappa shape index (κ2) is 6.98. The van der Waals surface area contributed by atoms with Crippen LogP contribution in [0.1, 0.15) is 87.2 Å². The molecule has 1 aliphatic carbocycles. The number of hydrogen-bond acceptors (Lipinski definition) is 3. The number of carbonyl (C=O) groups is 1. The Balaban J connectivity index is 2.15. The van der Waals surface area contributed by atoms with Gasteiger partial charge in [0.15, 0.2) is 0 Å². The SMILES string of the molecule is CCCCCc1cc2c(c([O-])c1C(=O)O)[C@@H]1C=C(C)CC[C@H]1C(C)(C)O2. The third-order valence-electron chi connectivity index (χ3n) is 5.97. The molecule has 0 spiro atoms. The maximum atomic E-state index is 13.2. The van der Waals surface area contributed by atoms with Gasteiger partial charge in [0.1, 0.15) is 11.4 Å². The highest BCUT2D eigenvalue weighted by molar-refractivity contribution is 5.93. The van der Waals surface area contributed by atoms with Gasteiger partial charge in [-0.2, -0.15) is 0 Å². The molecule has 2 atom stereocenters. The summed E-state index contributed by atoms with van der Waals surface area (Å²) in [5, 5.41) is 22.9. The molecule has 0 unspecified atom stereocenters. The number of rotatable bonds is 5. The van der Waals surface area contributed by atoms with Crippen molar-refractivity contribution in [1.82, 2.24) is 0 Å². The standard InChI is InChI=1S/C22H30O4/c1-5-6-7-8-14-12-17-19(20(23)18(14)21(24)25)15-11-13(2)9-10-16(15)22(3,4)26-17/h11-12,15-16,23H,5-10H2,1-4H3,(H,24,25)/p-1/t15-,16-/m1/s1. The predicted octanol–water partition coefficient (Wildman–Crippen LogP) is 4.80. The van der Waals surface area contributed by atoms with Crippen LogP contribution in [-0.2, 0) is 6.42 Å². The van der Waals surface area contributed by atoms with E-state index >= 15 is 0 Å². The summed E-state index contributed by atoms with van der Waals surface area (Å²) in [4.78, 5) is 11.9. The van der Waals surface area contributed by atoms with E-state index in [1.54, 1.807) is 0 Å². The molecular formula is C22H29O4-. The largest absolute Gasteiger partial charge is 0.872 e. The first-order valence-corrected chi connectivity index (χ1v) is 9.72. The molecule has 0 bridgehead atoms. The Morgan fingerprint density at radius 2 is 2.12 bits per heavy atom. The molecule has 142 valence electrons. The number of aromatic carboxylic acids is 1. The quantitative estimate of drug-likeness (QED) is 0.607. The Hall–Kier alpha value is -1.97. The lowest BCUT2D eigenvalue weighted by atomic mass is 9.67. The van der Waals surface area contributed by atoms with E-state index in [1.807, 2.05) is 6.07 Å². The smallest absolute Gasteiger partial charge is 0.335 e. The fourth-order valence-corrected chi connectivity index (χ4v) is 4.59. The van der Waals surface area contributed by atoms with Gasteiger partial charge in [-0.3, -0.25) is 0 Å². The van der Waals surface area contributed by atoms with Crippen LogP contribution < -0.4 is 9.84 Å². The highest BCUT2D eigenvalue weighted by atomic mass is 16.5. The zero-order chi connectivity index (χ0) is 19.1. The van der Waals surface area contributed by atoms with Crippen LogP contribution in [0.4, 0.5) is 0 Å². The molecule has 4 nitrogen and oxygen atoms in total. The molecule has 4 heteroatoms. The van der Waals surface area contributed by atoms with E-state index in [0.29, 0.717) is 23.3 Å². The molecule has 1 N–H and O–H groups in total. The van der Waals surface area contributed by atoms with Gasteiger partial charge in [0.2, 0.25) is 0 Å². The number of carboxylic acid groups (broad SMARTS) is 1. The van der Waals surface area contributed by atoms with Crippen molar-refractivity contribution in [3.63, 3.8) is 0 Å². The highest BCUT2D eigenvalue weighted by Crippen LogP contribution is 2.53. The van der Waals surface area contributed by atoms with Crippen LogP contribution in [0.5, 0.6) is 11.5 Å². The van der Waals surface area contributed by atoms with E-state index in [-0.39, 0.29) is 28.7 Å². The third-order valence-corrected chi connectivity index (χ3v) is 5.97. The topological polar surface area (TPSA) is 69.6 Å². The minimum absolute atomic E-state index is 0.0569. The summed E-state index contributed by atoms with van der Waals surface area (Å²) in [6, 6.07) is 1.82. The maximum Gasteiger partial charge on any atom is 0.335 e. The van der Waals surface area contributed by atoms with Crippen LogP contribution in [-0.4, -0.2) is 16.7 Å². The second-order valence-electron chi connectivity index (χ2n) is 8.30. The first-order valence-electron chi connectivity index (χ1n) is 9.72. The van der Waals surface area contributed by atoms with E-state index < -0.39 is 5.97 Å². The van der Waals surface area contributed by atoms with Crippen LogP contribution in [0.3, 0.4) is 0 Å². The number of allylic oxidation sites excluding steroid dienone is 2. The van der Waals surface area contributed by atoms with Crippen LogP contribution in [0.25, 0.3) is 0 Å². The number of aryl methyl sites for hydroxylation is 1. The Morgan fingerprint density at radius 3 is 2.77 bits per heavy atom. The number of unbranched alkanes of at least 4 members (excludes halogenated alkanes) is 2. The lowest BCUT2D eigenvalue weighted by molar-refractivity contribution is -0.271. The van der Waals surface area contributed by atoms with Gasteiger partial charge < -0.3 is 14.9 Å². The molecule has 0 aromatic heterocycles. The first-order chi connectivity index (χ1) is 12.3. The van der Waals surface area contributed by atoms with Gasteiger partial charge in [0.05, 0.1) is 5.56 Å². The average molecular weight is 357 g/mol. The van der Waals surface area contributed by atoms with Crippen LogP contribution in [0, 0.1) is 5.92 Å². The van der Waals surface area contributed by atoms with Gasteiger partial charge in [0.25, 0.3) is 0 Å². The Morgan fingerprint density at radius 1 is 1.38 bits per heavy atom. The molecule has 0 fully saturated rings. The lowest BCUT2D eigenvalue weighted by Gasteiger charge is -2.48. The summed E-state index contributed by atoms with van der Waals surface area (Å²) in [7, 11) is 0. The van der Waals surface area contributed by atoms with E-state index in [2.05, 4.69) is 33.8 Å². The third kappa shape index (κ3) is 3.22. The minimum Gasteiger partial charge on any atom is -0.872 e. The summed E-state index contributed by atoms with van der Waals surface area (Å²) < 4.78 is 6.26. The van der Waals surface area contributed by atoms with Crippen molar-refractivity contribution in [1.29, 1.82) is 0 Å². The molecule has 0 saturated heterocycles. The maximum absolute atomic E-state index is 13.2. The summed E-state index contributed by atoms with van der Waals surface area (Å²) >= 11 is 0. The Labute approximate surface area is 155 Å². The summed E-state index contributed by atoms with van der Waals surface area (Å²) in [5.41, 5.74) is 1.99. The monoisotopic (exact) mass is 357 g/mol. The van der Waals surface area contributed by atoms with Crippen molar-refractivity contribution >= 4 is 5.97 Å². The number of hydrogen-bond donors (Lipinski definition) is 1. The van der Waals surface area contributed by atoms with E-state index in [4.69, 9.17) is 4.74 Å². The van der Waals surface area contributed by atoms with Crippen molar-refractivity contribution in [2.45, 2.75) is 77.7 Å². The van der Waals surface area contributed by atoms with Gasteiger partial charge in [0, 0.05) is 11.8 Å². The average Bonchev–Trinajstić information content (AvgIpc) is 2.53. The first kappa shape index (κ1) is 18.8. The van der Waals surface area contributed by atoms with Crippen molar-refractivity contribution in [2.75, 3.05) is 0 Å². The number of benzene rings is 1. The summed E-state index contributed by atoms with van der Waals surface area (Å²) in [6.45, 7) is 8.34. The molecule has 3 rings (SSSR count). The van der Waals surface area contributed by atoms with Crippen molar-refractivity contribution in [3.05, 3.63) is 34.4 Å². The van der Waals surface area contributed by atoms with Crippen LogP contribution >= 0.6 is 0 Å². The fourth-order valence-electron chi connectivity index (χ4n) is 4.59. The number of fused-ring (bicyclic) bond motifs is 3. The molecule has 2 aliphatic rings. The van der Waals surface area contributed by atoms with Crippen molar-refractivity contribution < 1.29 is 19.7 Å². The molecular weight excluding hydrogens is 328 g/mol. The Kier molecular flexibility index (Phi) is 5.05. The van der Waals surface area contributed by atoms with E-state index in [0.717, 1.165) is 32.1 Å². The van der Waals surface area contributed by atoms with Crippen molar-refractivity contribution in [2.24, 2.45) is 5.92 Å².